The summed E-state index contributed by atoms with van der Waals surface area (Å²) in [5, 5.41) is 7.40. The molecular formula is C16H18N2O2S2. The number of thiophene rings is 2. The normalized spacial score (nSPS) is 11.3. The maximum Gasteiger partial charge on any atom is 0.261 e. The first-order valence-electron chi connectivity index (χ1n) is 7.18. The Balaban J connectivity index is 1.62. The number of ether oxygens (including phenoxy) is 1. The quantitative estimate of drug-likeness (QED) is 0.653. The fourth-order valence-electron chi connectivity index (χ4n) is 2.26. The van der Waals surface area contributed by atoms with Crippen LogP contribution < -0.4 is 10.6 Å². The van der Waals surface area contributed by atoms with Crippen molar-refractivity contribution in [3.63, 3.8) is 0 Å². The van der Waals surface area contributed by atoms with Gasteiger partial charge in [0.1, 0.15) is 0 Å². The Morgan fingerprint density at radius 1 is 1.14 bits per heavy atom. The molecule has 0 unspecified atom stereocenters. The van der Waals surface area contributed by atoms with Crippen molar-refractivity contribution in [2.45, 2.75) is 0 Å². The number of carbonyl (C=O) groups excluding carboxylic acids is 1. The van der Waals surface area contributed by atoms with Gasteiger partial charge in [0.2, 0.25) is 0 Å². The maximum atomic E-state index is 12.2. The van der Waals surface area contributed by atoms with Crippen molar-refractivity contribution in [2.75, 3.05) is 33.4 Å². The van der Waals surface area contributed by atoms with Gasteiger partial charge in [-0.25, -0.2) is 0 Å². The van der Waals surface area contributed by atoms with Crippen LogP contribution in [-0.4, -0.2) is 39.3 Å². The molecule has 0 atom stereocenters. The Morgan fingerprint density at radius 2 is 2.00 bits per heavy atom. The second-order valence-electron chi connectivity index (χ2n) is 4.90. The lowest BCUT2D eigenvalue weighted by Crippen LogP contribution is -2.32. The van der Waals surface area contributed by atoms with Gasteiger partial charge in [-0.05, 0) is 12.1 Å². The van der Waals surface area contributed by atoms with Gasteiger partial charge in [-0.15, -0.1) is 22.7 Å². The number of amides is 1. The number of fused-ring (bicyclic) bond motifs is 3. The van der Waals surface area contributed by atoms with Crippen molar-refractivity contribution in [1.82, 2.24) is 10.6 Å². The molecule has 0 aliphatic carbocycles. The van der Waals surface area contributed by atoms with Crippen LogP contribution in [0.25, 0.3) is 19.5 Å². The molecule has 2 aromatic heterocycles. The van der Waals surface area contributed by atoms with E-state index in [4.69, 9.17) is 4.74 Å². The van der Waals surface area contributed by atoms with E-state index in [0.717, 1.165) is 18.0 Å². The molecule has 3 aromatic rings. The zero-order chi connectivity index (χ0) is 15.4. The number of nitrogens with one attached hydrogen (secondary N) is 2. The van der Waals surface area contributed by atoms with E-state index in [1.807, 2.05) is 18.2 Å². The Labute approximate surface area is 137 Å². The first-order valence-corrected chi connectivity index (χ1v) is 8.82. The first-order chi connectivity index (χ1) is 10.8. The third-order valence-electron chi connectivity index (χ3n) is 3.34. The summed E-state index contributed by atoms with van der Waals surface area (Å²) in [7, 11) is 1.68. The summed E-state index contributed by atoms with van der Waals surface area (Å²) in [5.74, 6) is 0.00558. The highest BCUT2D eigenvalue weighted by atomic mass is 32.1. The molecule has 2 heterocycles. The van der Waals surface area contributed by atoms with Crippen molar-refractivity contribution in [3.8, 4) is 0 Å². The Bertz CT molecular complexity index is 779. The number of hydrogen-bond acceptors (Lipinski definition) is 5. The second kappa shape index (κ2) is 7.19. The SMILES string of the molecule is COCCNCCNC(=O)c1cc2sc3ccccc3c2s1. The molecule has 4 nitrogen and oxygen atoms in total. The molecule has 0 bridgehead atoms. The van der Waals surface area contributed by atoms with Crippen LogP contribution in [0.15, 0.2) is 30.3 Å². The maximum absolute atomic E-state index is 12.2. The van der Waals surface area contributed by atoms with Crippen molar-refractivity contribution < 1.29 is 9.53 Å². The van der Waals surface area contributed by atoms with Crippen molar-refractivity contribution in [1.29, 1.82) is 0 Å². The summed E-state index contributed by atoms with van der Waals surface area (Å²) in [6.07, 6.45) is 0. The standard InChI is InChI=1S/C16H18N2O2S2/c1-20-9-8-17-6-7-18-16(19)14-10-13-15(22-14)11-4-2-3-5-12(11)21-13/h2-5,10,17H,6-9H2,1H3,(H,18,19). The number of benzene rings is 1. The number of carbonyl (C=O) groups is 1. The van der Waals surface area contributed by atoms with Gasteiger partial charge in [-0.3, -0.25) is 4.79 Å². The van der Waals surface area contributed by atoms with Crippen LogP contribution in [0.3, 0.4) is 0 Å². The molecule has 0 radical (unpaired) electrons. The Hall–Kier alpha value is -1.47. The van der Waals surface area contributed by atoms with Crippen molar-refractivity contribution in [2.24, 2.45) is 0 Å². The molecule has 6 heteroatoms. The molecule has 2 N–H and O–H groups in total. The fraction of sp³-hybridized carbons (Fsp3) is 0.312. The lowest BCUT2D eigenvalue weighted by molar-refractivity contribution is 0.0958. The average Bonchev–Trinajstić information content (AvgIpc) is 3.08. The van der Waals surface area contributed by atoms with E-state index in [1.54, 1.807) is 29.8 Å². The van der Waals surface area contributed by atoms with Crippen LogP contribution in [0.2, 0.25) is 0 Å². The van der Waals surface area contributed by atoms with Gasteiger partial charge in [-0.2, -0.15) is 0 Å². The predicted molar refractivity (Wildman–Crippen MR) is 94.3 cm³/mol. The van der Waals surface area contributed by atoms with Gasteiger partial charge in [0, 0.05) is 41.5 Å². The van der Waals surface area contributed by atoms with E-state index in [1.165, 1.54) is 19.5 Å². The molecule has 22 heavy (non-hydrogen) atoms. The minimum absolute atomic E-state index is 0.00558. The minimum atomic E-state index is 0.00558. The van der Waals surface area contributed by atoms with Crippen LogP contribution in [0.4, 0.5) is 0 Å². The topological polar surface area (TPSA) is 50.4 Å². The molecule has 0 saturated heterocycles. The van der Waals surface area contributed by atoms with Gasteiger partial charge < -0.3 is 15.4 Å². The molecular weight excluding hydrogens is 316 g/mol. The van der Waals surface area contributed by atoms with E-state index >= 15 is 0 Å². The van der Waals surface area contributed by atoms with E-state index in [-0.39, 0.29) is 5.91 Å². The number of rotatable bonds is 7. The van der Waals surface area contributed by atoms with Crippen LogP contribution in [0, 0.1) is 0 Å². The molecule has 1 aromatic carbocycles. The zero-order valence-electron chi connectivity index (χ0n) is 12.3. The fourth-order valence-corrected chi connectivity index (χ4v) is 4.70. The van der Waals surface area contributed by atoms with Crippen LogP contribution in [-0.2, 0) is 4.74 Å². The van der Waals surface area contributed by atoms with Crippen LogP contribution >= 0.6 is 22.7 Å². The third-order valence-corrected chi connectivity index (χ3v) is 5.76. The van der Waals surface area contributed by atoms with Crippen LogP contribution in [0.1, 0.15) is 9.67 Å². The molecule has 0 fully saturated rings. The van der Waals surface area contributed by atoms with Gasteiger partial charge in [-0.1, -0.05) is 18.2 Å². The zero-order valence-corrected chi connectivity index (χ0v) is 14.0. The second-order valence-corrected chi connectivity index (χ2v) is 7.04. The van der Waals surface area contributed by atoms with Gasteiger partial charge in [0.25, 0.3) is 5.91 Å². The smallest absolute Gasteiger partial charge is 0.261 e. The number of methoxy groups -OCH3 is 1. The molecule has 0 spiro atoms. The molecule has 3 rings (SSSR count). The van der Waals surface area contributed by atoms with E-state index in [2.05, 4.69) is 22.8 Å². The molecule has 0 saturated carbocycles. The van der Waals surface area contributed by atoms with Gasteiger partial charge in [0.15, 0.2) is 0 Å². The monoisotopic (exact) mass is 334 g/mol. The van der Waals surface area contributed by atoms with Crippen LogP contribution in [0.5, 0.6) is 0 Å². The highest BCUT2D eigenvalue weighted by Gasteiger charge is 2.13. The van der Waals surface area contributed by atoms with Gasteiger partial charge in [0.05, 0.1) is 16.2 Å². The molecule has 1 amide bonds. The Morgan fingerprint density at radius 3 is 2.86 bits per heavy atom. The Kier molecular flexibility index (Phi) is 5.04. The molecule has 0 aliphatic heterocycles. The highest BCUT2D eigenvalue weighted by molar-refractivity contribution is 7.33. The lowest BCUT2D eigenvalue weighted by atomic mass is 10.2. The summed E-state index contributed by atoms with van der Waals surface area (Å²) in [5.41, 5.74) is 0. The first kappa shape index (κ1) is 15.4. The van der Waals surface area contributed by atoms with Gasteiger partial charge >= 0.3 is 0 Å². The largest absolute Gasteiger partial charge is 0.383 e. The minimum Gasteiger partial charge on any atom is -0.383 e. The number of hydrogen-bond donors (Lipinski definition) is 2. The average molecular weight is 334 g/mol. The molecule has 0 aliphatic rings. The van der Waals surface area contributed by atoms with E-state index in [0.29, 0.717) is 13.2 Å². The summed E-state index contributed by atoms with van der Waals surface area (Å²) in [6.45, 7) is 2.85. The summed E-state index contributed by atoms with van der Waals surface area (Å²) in [6, 6.07) is 10.3. The summed E-state index contributed by atoms with van der Waals surface area (Å²) >= 11 is 3.31. The van der Waals surface area contributed by atoms with Crippen molar-refractivity contribution in [3.05, 3.63) is 35.2 Å². The summed E-state index contributed by atoms with van der Waals surface area (Å²) in [4.78, 5) is 13.0. The highest BCUT2D eigenvalue weighted by Crippen LogP contribution is 2.39. The predicted octanol–water partition coefficient (Wildman–Crippen LogP) is 3.08. The van der Waals surface area contributed by atoms with Crippen molar-refractivity contribution >= 4 is 48.1 Å². The van der Waals surface area contributed by atoms with E-state index in [9.17, 15) is 4.79 Å². The lowest BCUT2D eigenvalue weighted by Gasteiger charge is -2.05. The van der Waals surface area contributed by atoms with E-state index < -0.39 is 0 Å². The molecule has 116 valence electrons. The summed E-state index contributed by atoms with van der Waals surface area (Å²) < 4.78 is 8.63. The third kappa shape index (κ3) is 3.30.